The second-order valence-electron chi connectivity index (χ2n) is 4.87. The first-order valence-corrected chi connectivity index (χ1v) is 8.52. The lowest BCUT2D eigenvalue weighted by Gasteiger charge is -2.17. The van der Waals surface area contributed by atoms with E-state index >= 15 is 0 Å². The molecule has 0 radical (unpaired) electrons. The van der Waals surface area contributed by atoms with Crippen LogP contribution in [0.1, 0.15) is 43.8 Å². The number of hydrogen-bond acceptors (Lipinski definition) is 5. The summed E-state index contributed by atoms with van der Waals surface area (Å²) < 4.78 is 4.59. The summed E-state index contributed by atoms with van der Waals surface area (Å²) in [6, 6.07) is 0. The van der Waals surface area contributed by atoms with Gasteiger partial charge in [-0.3, -0.25) is 0 Å². The minimum absolute atomic E-state index is 0.654. The Bertz CT molecular complexity index is 352. The van der Waals surface area contributed by atoms with Gasteiger partial charge in [0, 0.05) is 36.3 Å². The molecule has 2 heterocycles. The SMILES string of the molecule is C1CCC(c2nsc(N3CCCSCC3)n2)C1. The molecule has 1 aromatic heterocycles. The fourth-order valence-corrected chi connectivity index (χ4v) is 4.33. The summed E-state index contributed by atoms with van der Waals surface area (Å²) in [7, 11) is 0. The van der Waals surface area contributed by atoms with Gasteiger partial charge in [-0.25, -0.2) is 4.98 Å². The monoisotopic (exact) mass is 269 g/mol. The molecule has 94 valence electrons. The molecule has 1 saturated heterocycles. The lowest BCUT2D eigenvalue weighted by Crippen LogP contribution is -2.25. The zero-order valence-corrected chi connectivity index (χ0v) is 11.7. The first kappa shape index (κ1) is 11.8. The van der Waals surface area contributed by atoms with Crippen LogP contribution in [0.25, 0.3) is 0 Å². The van der Waals surface area contributed by atoms with Crippen LogP contribution >= 0.6 is 23.3 Å². The van der Waals surface area contributed by atoms with Gasteiger partial charge in [-0.1, -0.05) is 12.8 Å². The van der Waals surface area contributed by atoms with Crippen LogP contribution in [0.15, 0.2) is 0 Å². The van der Waals surface area contributed by atoms with Crippen molar-refractivity contribution in [2.24, 2.45) is 0 Å². The van der Waals surface area contributed by atoms with Crippen LogP contribution in [0, 0.1) is 0 Å². The summed E-state index contributed by atoms with van der Waals surface area (Å²) in [5, 5.41) is 1.16. The predicted molar refractivity (Wildman–Crippen MR) is 75.3 cm³/mol. The normalized spacial score (nSPS) is 22.9. The summed E-state index contributed by atoms with van der Waals surface area (Å²) in [6.07, 6.45) is 6.60. The lowest BCUT2D eigenvalue weighted by molar-refractivity contribution is 0.678. The van der Waals surface area contributed by atoms with E-state index in [0.29, 0.717) is 5.92 Å². The molecule has 0 N–H and O–H groups in total. The lowest BCUT2D eigenvalue weighted by atomic mass is 10.1. The number of anilines is 1. The van der Waals surface area contributed by atoms with Gasteiger partial charge >= 0.3 is 0 Å². The molecule has 1 aliphatic heterocycles. The van der Waals surface area contributed by atoms with E-state index in [1.54, 1.807) is 11.5 Å². The van der Waals surface area contributed by atoms with Crippen molar-refractivity contribution in [1.82, 2.24) is 9.36 Å². The number of aromatic nitrogens is 2. The van der Waals surface area contributed by atoms with Crippen LogP contribution in [-0.4, -0.2) is 34.0 Å². The first-order valence-electron chi connectivity index (χ1n) is 6.60. The third kappa shape index (κ3) is 2.76. The highest BCUT2D eigenvalue weighted by molar-refractivity contribution is 7.99. The zero-order valence-electron chi connectivity index (χ0n) is 10.1. The first-order chi connectivity index (χ1) is 8.43. The molecule has 0 bridgehead atoms. The Morgan fingerprint density at radius 2 is 1.94 bits per heavy atom. The third-order valence-corrected chi connectivity index (χ3v) is 5.48. The van der Waals surface area contributed by atoms with Gasteiger partial charge in [-0.05, 0) is 25.0 Å². The number of thioether (sulfide) groups is 1. The van der Waals surface area contributed by atoms with Crippen LogP contribution < -0.4 is 4.90 Å². The van der Waals surface area contributed by atoms with E-state index in [-0.39, 0.29) is 0 Å². The highest BCUT2D eigenvalue weighted by atomic mass is 32.2. The maximum atomic E-state index is 4.78. The number of nitrogens with zero attached hydrogens (tertiary/aromatic N) is 3. The molecule has 17 heavy (non-hydrogen) atoms. The molecule has 0 amide bonds. The molecule has 1 aliphatic carbocycles. The van der Waals surface area contributed by atoms with Gasteiger partial charge in [0.05, 0.1) is 0 Å². The Morgan fingerprint density at radius 3 is 2.82 bits per heavy atom. The maximum Gasteiger partial charge on any atom is 0.205 e. The molecule has 0 atom stereocenters. The van der Waals surface area contributed by atoms with Crippen molar-refractivity contribution in [3.05, 3.63) is 5.82 Å². The molecule has 0 spiro atoms. The molecule has 1 aromatic rings. The molecule has 3 nitrogen and oxygen atoms in total. The topological polar surface area (TPSA) is 29.0 Å². The van der Waals surface area contributed by atoms with Crippen molar-refractivity contribution < 1.29 is 0 Å². The van der Waals surface area contributed by atoms with Crippen LogP contribution in [0.3, 0.4) is 0 Å². The molecule has 2 fully saturated rings. The van der Waals surface area contributed by atoms with Gasteiger partial charge in [0.1, 0.15) is 5.82 Å². The number of rotatable bonds is 2. The maximum absolute atomic E-state index is 4.78. The Labute approximate surface area is 111 Å². The van der Waals surface area contributed by atoms with E-state index in [4.69, 9.17) is 4.98 Å². The van der Waals surface area contributed by atoms with Crippen LogP contribution in [0.4, 0.5) is 5.13 Å². The Hall–Kier alpha value is -0.290. The van der Waals surface area contributed by atoms with E-state index in [0.717, 1.165) is 24.0 Å². The van der Waals surface area contributed by atoms with Gasteiger partial charge in [0.2, 0.25) is 5.13 Å². The summed E-state index contributed by atoms with van der Waals surface area (Å²) in [6.45, 7) is 2.30. The van der Waals surface area contributed by atoms with E-state index in [2.05, 4.69) is 21.0 Å². The van der Waals surface area contributed by atoms with Crippen molar-refractivity contribution in [1.29, 1.82) is 0 Å². The van der Waals surface area contributed by atoms with Gasteiger partial charge in [-0.15, -0.1) is 0 Å². The molecular weight excluding hydrogens is 250 g/mol. The van der Waals surface area contributed by atoms with Crippen molar-refractivity contribution in [2.45, 2.75) is 38.0 Å². The second-order valence-corrected chi connectivity index (χ2v) is 6.82. The quantitative estimate of drug-likeness (QED) is 0.825. The average molecular weight is 269 g/mol. The van der Waals surface area contributed by atoms with E-state index in [1.807, 2.05) is 0 Å². The largest absolute Gasteiger partial charge is 0.346 e. The minimum Gasteiger partial charge on any atom is -0.346 e. The standard InChI is InChI=1S/C12H19N3S2/c1-2-5-10(4-1)11-13-12(17-14-11)15-6-3-8-16-9-7-15/h10H,1-9H2. The van der Waals surface area contributed by atoms with Gasteiger partial charge in [0.15, 0.2) is 0 Å². The smallest absolute Gasteiger partial charge is 0.205 e. The molecule has 0 unspecified atom stereocenters. The summed E-state index contributed by atoms with van der Waals surface area (Å²) >= 11 is 3.67. The van der Waals surface area contributed by atoms with Crippen LogP contribution in [0.5, 0.6) is 0 Å². The predicted octanol–water partition coefficient (Wildman–Crippen LogP) is 3.14. The van der Waals surface area contributed by atoms with Crippen molar-refractivity contribution >= 4 is 28.4 Å². The van der Waals surface area contributed by atoms with Crippen molar-refractivity contribution in [2.75, 3.05) is 29.5 Å². The second kappa shape index (κ2) is 5.57. The summed E-state index contributed by atoms with van der Waals surface area (Å²) in [5.41, 5.74) is 0. The fourth-order valence-electron chi connectivity index (χ4n) is 2.64. The average Bonchev–Trinajstić information content (AvgIpc) is 2.95. The molecule has 3 rings (SSSR count). The number of hydrogen-bond donors (Lipinski definition) is 0. The van der Waals surface area contributed by atoms with Crippen molar-refractivity contribution in [3.8, 4) is 0 Å². The van der Waals surface area contributed by atoms with Gasteiger partial charge in [-0.2, -0.15) is 16.1 Å². The fraction of sp³-hybridized carbons (Fsp3) is 0.833. The van der Waals surface area contributed by atoms with Crippen LogP contribution in [-0.2, 0) is 0 Å². The summed E-state index contributed by atoms with van der Waals surface area (Å²) in [4.78, 5) is 7.21. The van der Waals surface area contributed by atoms with Gasteiger partial charge in [0.25, 0.3) is 0 Å². The van der Waals surface area contributed by atoms with E-state index < -0.39 is 0 Å². The Kier molecular flexibility index (Phi) is 3.86. The Morgan fingerprint density at radius 1 is 1.06 bits per heavy atom. The van der Waals surface area contributed by atoms with Crippen LogP contribution in [0.2, 0.25) is 0 Å². The molecular formula is C12H19N3S2. The molecule has 2 aliphatic rings. The van der Waals surface area contributed by atoms with E-state index in [1.165, 1.54) is 43.6 Å². The molecule has 5 heteroatoms. The van der Waals surface area contributed by atoms with Gasteiger partial charge < -0.3 is 4.90 Å². The highest BCUT2D eigenvalue weighted by Crippen LogP contribution is 2.34. The molecule has 0 aromatic carbocycles. The summed E-state index contributed by atoms with van der Waals surface area (Å²) in [5.74, 6) is 4.31. The Balaban J connectivity index is 1.70. The van der Waals surface area contributed by atoms with E-state index in [9.17, 15) is 0 Å². The highest BCUT2D eigenvalue weighted by Gasteiger charge is 2.22. The third-order valence-electron chi connectivity index (χ3n) is 3.64. The van der Waals surface area contributed by atoms with Crippen molar-refractivity contribution in [3.63, 3.8) is 0 Å². The molecule has 1 saturated carbocycles. The zero-order chi connectivity index (χ0) is 11.5. The minimum atomic E-state index is 0.654.